The van der Waals surface area contributed by atoms with Gasteiger partial charge in [-0.2, -0.15) is 0 Å². The molecule has 3 rings (SSSR count). The smallest absolute Gasteiger partial charge is 0.00244 e. The predicted octanol–water partition coefficient (Wildman–Crippen LogP) is 0.287. The Labute approximate surface area is 62.4 Å². The molecular formula is C8H16N2. The molecule has 3 heterocycles. The SMILES string of the molecule is NC[C@@H]1CN2CCC1CC2. The minimum atomic E-state index is 0.822. The Kier molecular flexibility index (Phi) is 1.66. The van der Waals surface area contributed by atoms with Gasteiger partial charge in [0.25, 0.3) is 0 Å². The van der Waals surface area contributed by atoms with Gasteiger partial charge in [-0.05, 0) is 44.3 Å². The molecule has 0 unspecified atom stereocenters. The molecule has 0 amide bonds. The van der Waals surface area contributed by atoms with Crippen LogP contribution in [-0.2, 0) is 0 Å². The highest BCUT2D eigenvalue weighted by Crippen LogP contribution is 2.31. The highest BCUT2D eigenvalue weighted by Gasteiger charge is 2.32. The van der Waals surface area contributed by atoms with Gasteiger partial charge in [-0.1, -0.05) is 0 Å². The molecule has 0 saturated carbocycles. The predicted molar refractivity (Wildman–Crippen MR) is 41.7 cm³/mol. The molecule has 2 N–H and O–H groups in total. The van der Waals surface area contributed by atoms with Crippen molar-refractivity contribution in [2.45, 2.75) is 12.8 Å². The van der Waals surface area contributed by atoms with Crippen molar-refractivity contribution in [2.24, 2.45) is 17.6 Å². The van der Waals surface area contributed by atoms with Crippen LogP contribution in [0.3, 0.4) is 0 Å². The van der Waals surface area contributed by atoms with E-state index < -0.39 is 0 Å². The van der Waals surface area contributed by atoms with Gasteiger partial charge in [-0.15, -0.1) is 0 Å². The standard InChI is InChI=1S/C8H16N2/c9-5-8-6-10-3-1-7(8)2-4-10/h7-8H,1-6,9H2/t8-/m1/s1. The Bertz CT molecular complexity index is 116. The molecule has 0 aromatic heterocycles. The lowest BCUT2D eigenvalue weighted by molar-refractivity contribution is 0.0554. The summed E-state index contributed by atoms with van der Waals surface area (Å²) < 4.78 is 0. The molecule has 0 spiro atoms. The lowest BCUT2D eigenvalue weighted by atomic mass is 9.79. The van der Waals surface area contributed by atoms with E-state index in [1.165, 1.54) is 32.5 Å². The van der Waals surface area contributed by atoms with E-state index in [9.17, 15) is 0 Å². The monoisotopic (exact) mass is 140 g/mol. The highest BCUT2D eigenvalue weighted by molar-refractivity contribution is 4.86. The molecule has 2 heteroatoms. The third-order valence-corrected chi connectivity index (χ3v) is 3.09. The second kappa shape index (κ2) is 2.51. The molecule has 0 aliphatic carbocycles. The molecule has 0 aromatic carbocycles. The molecule has 2 bridgehead atoms. The van der Waals surface area contributed by atoms with Crippen LogP contribution >= 0.6 is 0 Å². The first-order valence-electron chi connectivity index (χ1n) is 4.32. The van der Waals surface area contributed by atoms with Gasteiger partial charge in [0, 0.05) is 6.54 Å². The van der Waals surface area contributed by atoms with Crippen LogP contribution in [0, 0.1) is 11.8 Å². The Hall–Kier alpha value is -0.0800. The van der Waals surface area contributed by atoms with Gasteiger partial charge in [-0.25, -0.2) is 0 Å². The Morgan fingerprint density at radius 1 is 1.30 bits per heavy atom. The van der Waals surface area contributed by atoms with Gasteiger partial charge < -0.3 is 10.6 Å². The summed E-state index contributed by atoms with van der Waals surface area (Å²) in [4.78, 5) is 2.55. The Morgan fingerprint density at radius 2 is 2.00 bits per heavy atom. The number of nitrogens with two attached hydrogens (primary N) is 1. The number of rotatable bonds is 1. The third-order valence-electron chi connectivity index (χ3n) is 3.09. The first-order valence-corrected chi connectivity index (χ1v) is 4.32. The average Bonchev–Trinajstić information content (AvgIpc) is 2.06. The minimum absolute atomic E-state index is 0.822. The molecule has 10 heavy (non-hydrogen) atoms. The van der Waals surface area contributed by atoms with E-state index in [1.807, 2.05) is 0 Å². The summed E-state index contributed by atoms with van der Waals surface area (Å²) in [5, 5.41) is 0. The van der Waals surface area contributed by atoms with Gasteiger partial charge >= 0.3 is 0 Å². The molecular weight excluding hydrogens is 124 g/mol. The fourth-order valence-electron chi connectivity index (χ4n) is 2.35. The summed E-state index contributed by atoms with van der Waals surface area (Å²) in [6.45, 7) is 4.85. The van der Waals surface area contributed by atoms with E-state index in [2.05, 4.69) is 4.90 Å². The Morgan fingerprint density at radius 3 is 2.30 bits per heavy atom. The van der Waals surface area contributed by atoms with E-state index in [-0.39, 0.29) is 0 Å². The largest absolute Gasteiger partial charge is 0.330 e. The fourth-order valence-corrected chi connectivity index (χ4v) is 2.35. The van der Waals surface area contributed by atoms with Crippen molar-refractivity contribution in [3.05, 3.63) is 0 Å². The number of hydrogen-bond acceptors (Lipinski definition) is 2. The van der Waals surface area contributed by atoms with E-state index in [0.29, 0.717) is 0 Å². The summed E-state index contributed by atoms with van der Waals surface area (Å²) in [7, 11) is 0. The zero-order chi connectivity index (χ0) is 6.97. The van der Waals surface area contributed by atoms with Gasteiger partial charge in [0.2, 0.25) is 0 Å². The summed E-state index contributed by atoms with van der Waals surface area (Å²) in [6, 6.07) is 0. The highest BCUT2D eigenvalue weighted by atomic mass is 15.1. The van der Waals surface area contributed by atoms with Crippen LogP contribution in [0.4, 0.5) is 0 Å². The summed E-state index contributed by atoms with van der Waals surface area (Å²) in [5.41, 5.74) is 5.66. The first-order chi connectivity index (χ1) is 4.90. The number of piperidine rings is 3. The van der Waals surface area contributed by atoms with Gasteiger partial charge in [0.15, 0.2) is 0 Å². The van der Waals surface area contributed by atoms with E-state index >= 15 is 0 Å². The van der Waals surface area contributed by atoms with Crippen molar-refractivity contribution >= 4 is 0 Å². The van der Waals surface area contributed by atoms with Crippen LogP contribution in [0.2, 0.25) is 0 Å². The maximum absolute atomic E-state index is 5.66. The molecule has 1 atom stereocenters. The van der Waals surface area contributed by atoms with Gasteiger partial charge in [-0.3, -0.25) is 0 Å². The van der Waals surface area contributed by atoms with E-state index in [1.54, 1.807) is 0 Å². The van der Waals surface area contributed by atoms with Crippen molar-refractivity contribution in [1.29, 1.82) is 0 Å². The van der Waals surface area contributed by atoms with Crippen molar-refractivity contribution < 1.29 is 0 Å². The Balaban J connectivity index is 2.01. The summed E-state index contributed by atoms with van der Waals surface area (Å²) in [5.74, 6) is 1.79. The second-order valence-corrected chi connectivity index (χ2v) is 3.63. The van der Waals surface area contributed by atoms with Crippen LogP contribution < -0.4 is 5.73 Å². The summed E-state index contributed by atoms with van der Waals surface area (Å²) >= 11 is 0. The molecule has 2 nitrogen and oxygen atoms in total. The zero-order valence-electron chi connectivity index (χ0n) is 6.42. The molecule has 3 aliphatic heterocycles. The maximum Gasteiger partial charge on any atom is 0.00244 e. The van der Waals surface area contributed by atoms with Crippen molar-refractivity contribution in [1.82, 2.24) is 4.90 Å². The fraction of sp³-hybridized carbons (Fsp3) is 1.00. The van der Waals surface area contributed by atoms with Crippen LogP contribution in [0.25, 0.3) is 0 Å². The van der Waals surface area contributed by atoms with Crippen LogP contribution in [0.15, 0.2) is 0 Å². The second-order valence-electron chi connectivity index (χ2n) is 3.63. The number of nitrogens with zero attached hydrogens (tertiary/aromatic N) is 1. The van der Waals surface area contributed by atoms with Crippen molar-refractivity contribution in [3.63, 3.8) is 0 Å². The van der Waals surface area contributed by atoms with E-state index in [4.69, 9.17) is 5.73 Å². The molecule has 0 radical (unpaired) electrons. The lowest BCUT2D eigenvalue weighted by Crippen LogP contribution is -2.49. The molecule has 3 aliphatic rings. The topological polar surface area (TPSA) is 29.3 Å². The minimum Gasteiger partial charge on any atom is -0.330 e. The summed E-state index contributed by atoms with van der Waals surface area (Å²) in [6.07, 6.45) is 2.81. The van der Waals surface area contributed by atoms with Crippen molar-refractivity contribution in [2.75, 3.05) is 26.2 Å². The van der Waals surface area contributed by atoms with Gasteiger partial charge in [0.05, 0.1) is 0 Å². The normalized spacial score (nSPS) is 45.9. The lowest BCUT2D eigenvalue weighted by Gasteiger charge is -2.44. The van der Waals surface area contributed by atoms with Gasteiger partial charge in [0.1, 0.15) is 0 Å². The molecule has 3 saturated heterocycles. The molecule has 3 fully saturated rings. The number of hydrogen-bond donors (Lipinski definition) is 1. The third kappa shape index (κ3) is 0.956. The quantitative estimate of drug-likeness (QED) is 0.567. The van der Waals surface area contributed by atoms with Crippen LogP contribution in [0.1, 0.15) is 12.8 Å². The molecule has 58 valence electrons. The first kappa shape index (κ1) is 6.62. The number of fused-ring (bicyclic) bond motifs is 3. The van der Waals surface area contributed by atoms with E-state index in [0.717, 1.165) is 18.4 Å². The zero-order valence-corrected chi connectivity index (χ0v) is 6.42. The molecule has 0 aromatic rings. The van der Waals surface area contributed by atoms with Crippen LogP contribution in [-0.4, -0.2) is 31.1 Å². The maximum atomic E-state index is 5.66. The van der Waals surface area contributed by atoms with Crippen LogP contribution in [0.5, 0.6) is 0 Å². The van der Waals surface area contributed by atoms with Crippen molar-refractivity contribution in [3.8, 4) is 0 Å². The average molecular weight is 140 g/mol.